The highest BCUT2D eigenvalue weighted by atomic mass is 16.6. The molecule has 1 unspecified atom stereocenters. The van der Waals surface area contributed by atoms with Gasteiger partial charge in [0.05, 0.1) is 12.2 Å². The molecule has 1 aliphatic heterocycles. The van der Waals surface area contributed by atoms with Crippen LogP contribution in [0, 0.1) is 0 Å². The zero-order chi connectivity index (χ0) is 19.3. The molecule has 1 aromatic carbocycles. The van der Waals surface area contributed by atoms with Crippen molar-refractivity contribution in [1.29, 1.82) is 0 Å². The molecule has 1 atom stereocenters. The lowest BCUT2D eigenvalue weighted by atomic mass is 10.1. The Bertz CT molecular complexity index is 635. The SMILES string of the molecule is CCC(CC)NC(=O)C1CN(CC(=O)OC(C)(C)C)c2ccccc2O1. The van der Waals surface area contributed by atoms with Gasteiger partial charge in [-0.3, -0.25) is 9.59 Å². The van der Waals surface area contributed by atoms with E-state index < -0.39 is 11.7 Å². The second-order valence-corrected chi connectivity index (χ2v) is 7.56. The van der Waals surface area contributed by atoms with Crippen molar-refractivity contribution in [2.45, 2.75) is 65.2 Å². The van der Waals surface area contributed by atoms with Crippen molar-refractivity contribution < 1.29 is 19.1 Å². The standard InChI is InChI=1S/C20H30N2O4/c1-6-14(7-2)21-19(24)17-12-22(13-18(23)26-20(3,4)5)15-10-8-9-11-16(15)25-17/h8-11,14,17H,6-7,12-13H2,1-5H3,(H,21,24). The van der Waals surface area contributed by atoms with Crippen LogP contribution in [0.3, 0.4) is 0 Å². The monoisotopic (exact) mass is 362 g/mol. The van der Waals surface area contributed by atoms with Crippen molar-refractivity contribution in [2.24, 2.45) is 0 Å². The van der Waals surface area contributed by atoms with E-state index in [2.05, 4.69) is 5.32 Å². The maximum Gasteiger partial charge on any atom is 0.326 e. The predicted octanol–water partition coefficient (Wildman–Crippen LogP) is 2.90. The Morgan fingerprint density at radius 1 is 1.27 bits per heavy atom. The van der Waals surface area contributed by atoms with Gasteiger partial charge < -0.3 is 19.7 Å². The number of benzene rings is 1. The molecule has 2 rings (SSSR count). The summed E-state index contributed by atoms with van der Waals surface area (Å²) >= 11 is 0. The minimum atomic E-state index is -0.659. The summed E-state index contributed by atoms with van der Waals surface area (Å²) in [6.07, 6.45) is 1.08. The summed E-state index contributed by atoms with van der Waals surface area (Å²) in [6.45, 7) is 9.98. The molecule has 144 valence electrons. The quantitative estimate of drug-likeness (QED) is 0.788. The fourth-order valence-electron chi connectivity index (χ4n) is 2.91. The number of fused-ring (bicyclic) bond motifs is 1. The van der Waals surface area contributed by atoms with E-state index in [0.29, 0.717) is 12.3 Å². The van der Waals surface area contributed by atoms with Crippen LogP contribution in [-0.2, 0) is 14.3 Å². The van der Waals surface area contributed by atoms with Crippen LogP contribution in [-0.4, -0.2) is 42.7 Å². The zero-order valence-electron chi connectivity index (χ0n) is 16.4. The average molecular weight is 362 g/mol. The van der Waals surface area contributed by atoms with Gasteiger partial charge >= 0.3 is 5.97 Å². The third kappa shape index (κ3) is 5.38. The van der Waals surface area contributed by atoms with E-state index in [1.54, 1.807) is 0 Å². The molecule has 0 fully saturated rings. The Kier molecular flexibility index (Phi) is 6.51. The van der Waals surface area contributed by atoms with Gasteiger partial charge in [0, 0.05) is 6.04 Å². The number of rotatable bonds is 6. The number of amides is 1. The summed E-state index contributed by atoms with van der Waals surface area (Å²) in [5.74, 6) is 0.128. The first-order valence-corrected chi connectivity index (χ1v) is 9.26. The van der Waals surface area contributed by atoms with Gasteiger partial charge in [-0.15, -0.1) is 0 Å². The van der Waals surface area contributed by atoms with E-state index in [1.165, 1.54) is 0 Å². The van der Waals surface area contributed by atoms with E-state index >= 15 is 0 Å². The first kappa shape index (κ1) is 20.1. The highest BCUT2D eigenvalue weighted by molar-refractivity contribution is 5.85. The zero-order valence-corrected chi connectivity index (χ0v) is 16.4. The molecule has 0 saturated carbocycles. The molecule has 1 aromatic rings. The molecule has 0 aliphatic carbocycles. The second-order valence-electron chi connectivity index (χ2n) is 7.56. The normalized spacial score (nSPS) is 16.7. The maximum atomic E-state index is 12.6. The van der Waals surface area contributed by atoms with Crippen molar-refractivity contribution in [2.75, 3.05) is 18.0 Å². The van der Waals surface area contributed by atoms with Crippen LogP contribution in [0.25, 0.3) is 0 Å². The number of hydrogen-bond donors (Lipinski definition) is 1. The van der Waals surface area contributed by atoms with Crippen molar-refractivity contribution in [3.05, 3.63) is 24.3 Å². The summed E-state index contributed by atoms with van der Waals surface area (Å²) in [5, 5.41) is 3.02. The van der Waals surface area contributed by atoms with E-state index in [-0.39, 0.29) is 24.5 Å². The number of carbonyl (C=O) groups is 2. The molecular formula is C20H30N2O4. The van der Waals surface area contributed by atoms with Crippen molar-refractivity contribution in [3.8, 4) is 5.75 Å². The number of ether oxygens (including phenoxy) is 2. The lowest BCUT2D eigenvalue weighted by Crippen LogP contribution is -2.52. The van der Waals surface area contributed by atoms with Gasteiger partial charge in [0.25, 0.3) is 5.91 Å². The first-order chi connectivity index (χ1) is 12.2. The summed E-state index contributed by atoms with van der Waals surface area (Å²) in [5.41, 5.74) is 0.250. The van der Waals surface area contributed by atoms with Gasteiger partial charge in [-0.25, -0.2) is 0 Å². The van der Waals surface area contributed by atoms with E-state index in [9.17, 15) is 9.59 Å². The number of anilines is 1. The highest BCUT2D eigenvalue weighted by Crippen LogP contribution is 2.33. The molecule has 1 heterocycles. The third-order valence-electron chi connectivity index (χ3n) is 4.23. The Balaban J connectivity index is 2.14. The molecule has 1 aliphatic rings. The van der Waals surface area contributed by atoms with Crippen LogP contribution in [0.5, 0.6) is 5.75 Å². The number of esters is 1. The number of nitrogens with one attached hydrogen (secondary N) is 1. The molecule has 6 nitrogen and oxygen atoms in total. The van der Waals surface area contributed by atoms with E-state index in [4.69, 9.17) is 9.47 Å². The molecule has 6 heteroatoms. The molecule has 0 saturated heterocycles. The smallest absolute Gasteiger partial charge is 0.326 e. The number of para-hydroxylation sites is 2. The van der Waals surface area contributed by atoms with Gasteiger partial charge in [-0.05, 0) is 45.7 Å². The average Bonchev–Trinajstić information content (AvgIpc) is 2.57. The molecule has 26 heavy (non-hydrogen) atoms. The van der Waals surface area contributed by atoms with Gasteiger partial charge in [0.15, 0.2) is 6.10 Å². The fourth-order valence-corrected chi connectivity index (χ4v) is 2.91. The molecule has 1 amide bonds. The summed E-state index contributed by atoms with van der Waals surface area (Å²) in [4.78, 5) is 26.7. The van der Waals surface area contributed by atoms with Crippen molar-refractivity contribution in [3.63, 3.8) is 0 Å². The van der Waals surface area contributed by atoms with Crippen LogP contribution in [0.2, 0.25) is 0 Å². The van der Waals surface area contributed by atoms with Crippen LogP contribution in [0.15, 0.2) is 24.3 Å². The summed E-state index contributed by atoms with van der Waals surface area (Å²) in [7, 11) is 0. The Morgan fingerprint density at radius 2 is 1.92 bits per heavy atom. The van der Waals surface area contributed by atoms with Crippen LogP contribution >= 0.6 is 0 Å². The molecule has 1 N–H and O–H groups in total. The van der Waals surface area contributed by atoms with Crippen LogP contribution < -0.4 is 15.0 Å². The summed E-state index contributed by atoms with van der Waals surface area (Å²) < 4.78 is 11.3. The molecule has 0 spiro atoms. The number of hydrogen-bond acceptors (Lipinski definition) is 5. The van der Waals surface area contributed by atoms with E-state index in [0.717, 1.165) is 18.5 Å². The van der Waals surface area contributed by atoms with Gasteiger partial charge in [-0.1, -0.05) is 26.0 Å². The number of carbonyl (C=O) groups excluding carboxylic acids is 2. The molecular weight excluding hydrogens is 332 g/mol. The topological polar surface area (TPSA) is 67.9 Å². The van der Waals surface area contributed by atoms with Gasteiger partial charge in [0.2, 0.25) is 0 Å². The van der Waals surface area contributed by atoms with Crippen LogP contribution in [0.1, 0.15) is 47.5 Å². The fraction of sp³-hybridized carbons (Fsp3) is 0.600. The van der Waals surface area contributed by atoms with E-state index in [1.807, 2.05) is 63.8 Å². The molecule has 0 aromatic heterocycles. The Morgan fingerprint density at radius 3 is 2.54 bits per heavy atom. The van der Waals surface area contributed by atoms with Crippen LogP contribution in [0.4, 0.5) is 5.69 Å². The highest BCUT2D eigenvalue weighted by Gasteiger charge is 2.33. The van der Waals surface area contributed by atoms with Crippen molar-refractivity contribution >= 4 is 17.6 Å². The van der Waals surface area contributed by atoms with Gasteiger partial charge in [0.1, 0.15) is 17.9 Å². The Labute approximate surface area is 155 Å². The minimum absolute atomic E-state index is 0.0758. The largest absolute Gasteiger partial charge is 0.477 e. The molecule has 0 bridgehead atoms. The summed E-state index contributed by atoms with van der Waals surface area (Å²) in [6, 6.07) is 7.56. The Hall–Kier alpha value is -2.24. The molecule has 0 radical (unpaired) electrons. The third-order valence-corrected chi connectivity index (χ3v) is 4.23. The maximum absolute atomic E-state index is 12.6. The predicted molar refractivity (Wildman–Crippen MR) is 101 cm³/mol. The lowest BCUT2D eigenvalue weighted by Gasteiger charge is -2.36. The lowest BCUT2D eigenvalue weighted by molar-refractivity contribution is -0.153. The number of nitrogens with zero attached hydrogens (tertiary/aromatic N) is 1. The minimum Gasteiger partial charge on any atom is -0.477 e. The first-order valence-electron chi connectivity index (χ1n) is 9.26. The van der Waals surface area contributed by atoms with Crippen molar-refractivity contribution in [1.82, 2.24) is 5.32 Å². The second kappa shape index (κ2) is 8.43. The van der Waals surface area contributed by atoms with Gasteiger partial charge in [-0.2, -0.15) is 0 Å².